The Bertz CT molecular complexity index is 360. The van der Waals surface area contributed by atoms with E-state index in [4.69, 9.17) is 4.74 Å². The van der Waals surface area contributed by atoms with Crippen molar-refractivity contribution >= 4 is 22.8 Å². The first-order valence-corrected chi connectivity index (χ1v) is 11.0. The van der Waals surface area contributed by atoms with Crippen LogP contribution in [-0.4, -0.2) is 34.7 Å². The van der Waals surface area contributed by atoms with Crippen LogP contribution in [0, 0.1) is 11.8 Å². The number of carbonyl (C=O) groups excluding carboxylic acids is 2. The fourth-order valence-corrected chi connectivity index (χ4v) is 3.70. The molecule has 4 nitrogen and oxygen atoms in total. The number of rotatable bonds is 15. The molecule has 148 valence electrons. The highest BCUT2D eigenvalue weighted by atomic mass is 32.2. The van der Waals surface area contributed by atoms with E-state index in [0.717, 1.165) is 50.7 Å². The molecule has 0 fully saturated rings. The molecule has 0 radical (unpaired) electrons. The first-order chi connectivity index (χ1) is 12.0. The fourth-order valence-electron chi connectivity index (χ4n) is 2.60. The highest BCUT2D eigenvalue weighted by molar-refractivity contribution is 8.13. The lowest BCUT2D eigenvalue weighted by Crippen LogP contribution is -2.27. The Morgan fingerprint density at radius 3 is 2.04 bits per heavy atom. The van der Waals surface area contributed by atoms with E-state index < -0.39 is 12.1 Å². The minimum Gasteiger partial charge on any atom is -0.463 e. The number of carbonyl (C=O) groups is 2. The Morgan fingerprint density at radius 2 is 1.52 bits per heavy atom. The van der Waals surface area contributed by atoms with E-state index in [2.05, 4.69) is 27.7 Å². The van der Waals surface area contributed by atoms with Gasteiger partial charge < -0.3 is 9.84 Å². The van der Waals surface area contributed by atoms with Crippen LogP contribution in [0.2, 0.25) is 0 Å². The zero-order valence-electron chi connectivity index (χ0n) is 16.6. The first kappa shape index (κ1) is 24.5. The Kier molecular flexibility index (Phi) is 15.3. The number of aliphatic hydroxyl groups is 1. The monoisotopic (exact) mass is 374 g/mol. The van der Waals surface area contributed by atoms with Gasteiger partial charge in [-0.05, 0) is 24.7 Å². The van der Waals surface area contributed by atoms with Crippen LogP contribution in [-0.2, 0) is 14.3 Å². The van der Waals surface area contributed by atoms with Crippen molar-refractivity contribution in [2.24, 2.45) is 11.8 Å². The van der Waals surface area contributed by atoms with Gasteiger partial charge in [0.05, 0.1) is 13.0 Å². The van der Waals surface area contributed by atoms with E-state index in [1.54, 1.807) is 0 Å². The molecule has 0 amide bonds. The second kappa shape index (κ2) is 15.7. The minimum atomic E-state index is -1.33. The number of aliphatic hydroxyl groups excluding tert-OH is 1. The van der Waals surface area contributed by atoms with Crippen LogP contribution in [0.5, 0.6) is 0 Å². The molecule has 3 unspecified atom stereocenters. The molecule has 1 N–H and O–H groups in total. The van der Waals surface area contributed by atoms with Gasteiger partial charge in [-0.3, -0.25) is 4.79 Å². The van der Waals surface area contributed by atoms with Gasteiger partial charge in [0.25, 0.3) is 0 Å². The number of hydrogen-bond acceptors (Lipinski definition) is 5. The van der Waals surface area contributed by atoms with Crippen LogP contribution < -0.4 is 0 Å². The minimum absolute atomic E-state index is 0.127. The maximum atomic E-state index is 12.0. The Labute approximate surface area is 158 Å². The summed E-state index contributed by atoms with van der Waals surface area (Å²) >= 11 is 1.24. The lowest BCUT2D eigenvalue weighted by molar-refractivity contribution is -0.156. The highest BCUT2D eigenvalue weighted by Crippen LogP contribution is 2.20. The van der Waals surface area contributed by atoms with Gasteiger partial charge >= 0.3 is 5.97 Å². The van der Waals surface area contributed by atoms with Gasteiger partial charge in [0.1, 0.15) is 0 Å². The second-order valence-corrected chi connectivity index (χ2v) is 7.94. The van der Waals surface area contributed by atoms with E-state index in [-0.39, 0.29) is 11.5 Å². The summed E-state index contributed by atoms with van der Waals surface area (Å²) in [4.78, 5) is 23.9. The molecular weight excluding hydrogens is 336 g/mol. The molecule has 0 saturated heterocycles. The molecule has 0 bridgehead atoms. The molecule has 5 heteroatoms. The lowest BCUT2D eigenvalue weighted by Gasteiger charge is -2.17. The molecule has 0 rings (SSSR count). The number of hydrogen-bond donors (Lipinski definition) is 1. The van der Waals surface area contributed by atoms with E-state index in [0.29, 0.717) is 18.4 Å². The van der Waals surface area contributed by atoms with Crippen molar-refractivity contribution in [2.75, 3.05) is 12.4 Å². The average Bonchev–Trinajstić information content (AvgIpc) is 2.61. The molecule has 25 heavy (non-hydrogen) atoms. The number of thioether (sulfide) groups is 1. The molecule has 0 aliphatic carbocycles. The quantitative estimate of drug-likeness (QED) is 0.410. The van der Waals surface area contributed by atoms with Crippen molar-refractivity contribution in [1.82, 2.24) is 0 Å². The summed E-state index contributed by atoms with van der Waals surface area (Å²) in [5.74, 6) is 0.973. The molecule has 0 spiro atoms. The summed E-state index contributed by atoms with van der Waals surface area (Å²) in [6.45, 7) is 8.85. The van der Waals surface area contributed by atoms with Gasteiger partial charge in [0.2, 0.25) is 0 Å². The van der Waals surface area contributed by atoms with E-state index in [1.807, 2.05) is 0 Å². The third-order valence-corrected chi connectivity index (χ3v) is 5.79. The van der Waals surface area contributed by atoms with Crippen molar-refractivity contribution in [3.8, 4) is 0 Å². The van der Waals surface area contributed by atoms with Crippen LogP contribution >= 0.6 is 11.8 Å². The molecule has 0 aromatic heterocycles. The molecule has 0 heterocycles. The average molecular weight is 375 g/mol. The molecule has 0 saturated carbocycles. The van der Waals surface area contributed by atoms with Crippen molar-refractivity contribution < 1.29 is 19.4 Å². The fraction of sp³-hybridized carbons (Fsp3) is 0.900. The van der Waals surface area contributed by atoms with Crippen molar-refractivity contribution in [3.63, 3.8) is 0 Å². The van der Waals surface area contributed by atoms with Gasteiger partial charge in [-0.1, -0.05) is 78.0 Å². The van der Waals surface area contributed by atoms with Crippen molar-refractivity contribution in [1.29, 1.82) is 0 Å². The third-order valence-electron chi connectivity index (χ3n) is 4.66. The van der Waals surface area contributed by atoms with Gasteiger partial charge in [0.15, 0.2) is 11.2 Å². The van der Waals surface area contributed by atoms with Crippen LogP contribution in [0.1, 0.15) is 85.5 Å². The van der Waals surface area contributed by atoms with Gasteiger partial charge in [-0.25, -0.2) is 4.79 Å². The highest BCUT2D eigenvalue weighted by Gasteiger charge is 2.22. The van der Waals surface area contributed by atoms with E-state index >= 15 is 0 Å². The molecular formula is C20H38O4S. The van der Waals surface area contributed by atoms with Gasteiger partial charge in [0, 0.05) is 5.75 Å². The second-order valence-electron chi connectivity index (χ2n) is 6.87. The third kappa shape index (κ3) is 12.4. The maximum Gasteiger partial charge on any atom is 0.335 e. The largest absolute Gasteiger partial charge is 0.463 e. The SMILES string of the molecule is CCCCC(CC)COC(=O)C(O)CC(=O)SCC(CC)CCCC. The summed E-state index contributed by atoms with van der Waals surface area (Å²) < 4.78 is 5.20. The first-order valence-electron chi connectivity index (χ1n) is 9.98. The molecule has 0 aromatic rings. The summed E-state index contributed by atoms with van der Waals surface area (Å²) in [6, 6.07) is 0. The predicted molar refractivity (Wildman–Crippen MR) is 106 cm³/mol. The number of unbranched alkanes of at least 4 members (excludes halogenated alkanes) is 2. The van der Waals surface area contributed by atoms with E-state index in [9.17, 15) is 14.7 Å². The van der Waals surface area contributed by atoms with E-state index in [1.165, 1.54) is 18.2 Å². The molecule has 0 aliphatic rings. The Balaban J connectivity index is 4.09. The number of esters is 1. The predicted octanol–water partition coefficient (Wildman–Crippen LogP) is 4.97. The van der Waals surface area contributed by atoms with Gasteiger partial charge in [-0.2, -0.15) is 0 Å². The smallest absolute Gasteiger partial charge is 0.335 e. The Hall–Kier alpha value is -0.550. The maximum absolute atomic E-state index is 12.0. The number of ether oxygens (including phenoxy) is 1. The Morgan fingerprint density at radius 1 is 0.960 bits per heavy atom. The lowest BCUT2D eigenvalue weighted by atomic mass is 10.0. The standard InChI is InChI=1S/C20H38O4S/c1-5-9-11-16(7-3)14-24-20(23)18(21)13-19(22)25-15-17(8-4)12-10-6-2/h16-18,21H,5-15H2,1-4H3. The summed E-state index contributed by atoms with van der Waals surface area (Å²) in [7, 11) is 0. The molecule has 3 atom stereocenters. The summed E-state index contributed by atoms with van der Waals surface area (Å²) in [6.07, 6.45) is 7.26. The molecule has 0 aromatic carbocycles. The van der Waals surface area contributed by atoms with Crippen molar-refractivity contribution in [3.05, 3.63) is 0 Å². The zero-order valence-corrected chi connectivity index (χ0v) is 17.4. The van der Waals surface area contributed by atoms with Crippen LogP contribution in [0.15, 0.2) is 0 Å². The van der Waals surface area contributed by atoms with Gasteiger partial charge in [-0.15, -0.1) is 0 Å². The summed E-state index contributed by atoms with van der Waals surface area (Å²) in [5.41, 5.74) is 0. The van der Waals surface area contributed by atoms with Crippen molar-refractivity contribution in [2.45, 2.75) is 91.6 Å². The molecule has 0 aliphatic heterocycles. The summed E-state index contributed by atoms with van der Waals surface area (Å²) in [5, 5.41) is 9.78. The topological polar surface area (TPSA) is 63.6 Å². The normalized spacial score (nSPS) is 14.8. The van der Waals surface area contributed by atoms with Crippen LogP contribution in [0.25, 0.3) is 0 Å². The van der Waals surface area contributed by atoms with Crippen LogP contribution in [0.3, 0.4) is 0 Å². The van der Waals surface area contributed by atoms with Crippen LogP contribution in [0.4, 0.5) is 0 Å². The zero-order chi connectivity index (χ0) is 19.1.